The molecule has 150 valence electrons. The van der Waals surface area contributed by atoms with Crippen LogP contribution >= 0.6 is 0 Å². The summed E-state index contributed by atoms with van der Waals surface area (Å²) in [5.41, 5.74) is 0.308. The van der Waals surface area contributed by atoms with Gasteiger partial charge >= 0.3 is 5.97 Å². The highest BCUT2D eigenvalue weighted by Crippen LogP contribution is 2.43. The van der Waals surface area contributed by atoms with E-state index in [0.29, 0.717) is 18.1 Å². The zero-order valence-corrected chi connectivity index (χ0v) is 17.2. The minimum absolute atomic E-state index is 0.0490. The summed E-state index contributed by atoms with van der Waals surface area (Å²) in [5, 5.41) is 10.2. The van der Waals surface area contributed by atoms with Crippen molar-refractivity contribution in [3.05, 3.63) is 0 Å². The number of carbonyl (C=O) groups is 2. The van der Waals surface area contributed by atoms with Gasteiger partial charge in [0.15, 0.2) is 0 Å². The molecular weight excluding hydrogens is 328 g/mol. The maximum atomic E-state index is 11.2. The van der Waals surface area contributed by atoms with Crippen LogP contribution < -0.4 is 0 Å². The summed E-state index contributed by atoms with van der Waals surface area (Å²) in [6.45, 7) is 8.89. The third-order valence-electron chi connectivity index (χ3n) is 6.77. The van der Waals surface area contributed by atoms with E-state index in [4.69, 9.17) is 4.74 Å². The molecule has 2 aliphatic rings. The molecule has 2 rings (SSSR count). The fraction of sp³-hybridized carbons (Fsp3) is 0.909. The van der Waals surface area contributed by atoms with Crippen LogP contribution in [0.3, 0.4) is 0 Å². The standard InChI is InChI=1S/C22H38O4/c1-21(2,16-13-18(24)14-16)11-7-5-9-17(23)10-6-8-12-22(3,4)19-15-20(25)26-19/h16-17,19,23H,5-15H2,1-4H3. The minimum Gasteiger partial charge on any atom is -0.461 e. The van der Waals surface area contributed by atoms with Crippen molar-refractivity contribution in [2.75, 3.05) is 0 Å². The third kappa shape index (κ3) is 6.07. The molecule has 1 aliphatic heterocycles. The number of cyclic esters (lactones) is 1. The van der Waals surface area contributed by atoms with Crippen LogP contribution in [0.5, 0.6) is 0 Å². The number of aliphatic hydroxyl groups is 1. The Balaban J connectivity index is 1.49. The number of Topliss-reactive ketones (excluding diaryl/α,β-unsaturated/α-hetero) is 1. The Hall–Kier alpha value is -0.900. The molecule has 0 aromatic rings. The lowest BCUT2D eigenvalue weighted by atomic mass is 9.64. The summed E-state index contributed by atoms with van der Waals surface area (Å²) in [4.78, 5) is 22.1. The van der Waals surface area contributed by atoms with Crippen molar-refractivity contribution in [1.29, 1.82) is 0 Å². The van der Waals surface area contributed by atoms with Crippen LogP contribution in [0.1, 0.15) is 98.3 Å². The van der Waals surface area contributed by atoms with Gasteiger partial charge in [-0.15, -0.1) is 0 Å². The lowest BCUT2D eigenvalue weighted by Gasteiger charge is -2.39. The van der Waals surface area contributed by atoms with Crippen LogP contribution in [0.15, 0.2) is 0 Å². The van der Waals surface area contributed by atoms with Crippen molar-refractivity contribution < 1.29 is 19.4 Å². The molecule has 1 aliphatic carbocycles. The number of ketones is 1. The Labute approximate surface area is 159 Å². The molecule has 2 fully saturated rings. The quantitative estimate of drug-likeness (QED) is 0.397. The highest BCUT2D eigenvalue weighted by atomic mass is 16.6. The minimum atomic E-state index is -0.201. The normalized spacial score (nSPS) is 22.6. The van der Waals surface area contributed by atoms with Gasteiger partial charge in [-0.25, -0.2) is 0 Å². The smallest absolute Gasteiger partial charge is 0.309 e. The molecule has 0 amide bonds. The van der Waals surface area contributed by atoms with Crippen molar-refractivity contribution >= 4 is 11.8 Å². The van der Waals surface area contributed by atoms with E-state index in [1.54, 1.807) is 0 Å². The largest absolute Gasteiger partial charge is 0.461 e. The molecule has 0 aromatic heterocycles. The SMILES string of the molecule is CC(C)(CCCCC(O)CCCCC(C)(C)C1CC(=O)O1)C1CC(=O)C1. The first-order valence-corrected chi connectivity index (χ1v) is 10.5. The number of aliphatic hydroxyl groups excluding tert-OH is 1. The average Bonchev–Trinajstić information content (AvgIpc) is 2.49. The maximum Gasteiger partial charge on any atom is 0.309 e. The Morgan fingerprint density at radius 2 is 1.42 bits per heavy atom. The lowest BCUT2D eigenvalue weighted by molar-refractivity contribution is -0.182. The fourth-order valence-electron chi connectivity index (χ4n) is 4.21. The topological polar surface area (TPSA) is 63.6 Å². The first kappa shape index (κ1) is 21.4. The number of hydrogen-bond acceptors (Lipinski definition) is 4. The summed E-state index contributed by atoms with van der Waals surface area (Å²) >= 11 is 0. The Morgan fingerprint density at radius 1 is 0.923 bits per heavy atom. The van der Waals surface area contributed by atoms with Gasteiger partial charge < -0.3 is 9.84 Å². The highest BCUT2D eigenvalue weighted by molar-refractivity contribution is 5.84. The second-order valence-corrected chi connectivity index (χ2v) is 9.95. The molecule has 1 N–H and O–H groups in total. The number of esters is 1. The van der Waals surface area contributed by atoms with Crippen LogP contribution in [-0.2, 0) is 14.3 Å². The van der Waals surface area contributed by atoms with Crippen molar-refractivity contribution in [2.24, 2.45) is 16.7 Å². The molecule has 0 radical (unpaired) electrons. The maximum absolute atomic E-state index is 11.2. The van der Waals surface area contributed by atoms with Gasteiger partial charge in [0.25, 0.3) is 0 Å². The number of ether oxygens (including phenoxy) is 1. The molecule has 4 heteroatoms. The van der Waals surface area contributed by atoms with Gasteiger partial charge in [-0.3, -0.25) is 9.59 Å². The summed E-state index contributed by atoms with van der Waals surface area (Å²) in [5.74, 6) is 0.904. The van der Waals surface area contributed by atoms with Crippen molar-refractivity contribution in [1.82, 2.24) is 0 Å². The van der Waals surface area contributed by atoms with Crippen molar-refractivity contribution in [2.45, 2.75) is 111 Å². The van der Waals surface area contributed by atoms with Gasteiger partial charge in [0.2, 0.25) is 0 Å². The van der Waals surface area contributed by atoms with Crippen molar-refractivity contribution in [3.63, 3.8) is 0 Å². The van der Waals surface area contributed by atoms with Gasteiger partial charge in [0, 0.05) is 18.3 Å². The molecule has 2 unspecified atom stereocenters. The molecule has 1 heterocycles. The van der Waals surface area contributed by atoms with E-state index in [2.05, 4.69) is 27.7 Å². The van der Waals surface area contributed by atoms with Gasteiger partial charge in [0.05, 0.1) is 12.5 Å². The number of rotatable bonds is 12. The van der Waals surface area contributed by atoms with Crippen LogP contribution in [0.2, 0.25) is 0 Å². The molecule has 0 aromatic carbocycles. The van der Waals surface area contributed by atoms with E-state index in [-0.39, 0.29) is 29.0 Å². The first-order valence-electron chi connectivity index (χ1n) is 10.5. The Bertz CT molecular complexity index is 434. The van der Waals surface area contributed by atoms with Crippen LogP contribution in [0.4, 0.5) is 0 Å². The van der Waals surface area contributed by atoms with Crippen molar-refractivity contribution in [3.8, 4) is 0 Å². The monoisotopic (exact) mass is 366 g/mol. The molecule has 4 nitrogen and oxygen atoms in total. The predicted molar refractivity (Wildman–Crippen MR) is 103 cm³/mol. The van der Waals surface area contributed by atoms with E-state index < -0.39 is 0 Å². The fourth-order valence-corrected chi connectivity index (χ4v) is 4.21. The van der Waals surface area contributed by atoms with E-state index in [1.165, 1.54) is 0 Å². The van der Waals surface area contributed by atoms with Gasteiger partial charge in [-0.1, -0.05) is 53.4 Å². The predicted octanol–water partition coefficient (Wildman–Crippen LogP) is 4.82. The zero-order chi connectivity index (χ0) is 19.4. The Kier molecular flexibility index (Phi) is 7.29. The summed E-state index contributed by atoms with van der Waals surface area (Å²) < 4.78 is 5.20. The number of carbonyl (C=O) groups excluding carboxylic acids is 2. The zero-order valence-electron chi connectivity index (χ0n) is 17.2. The van der Waals surface area contributed by atoms with Crippen LogP contribution in [-0.4, -0.2) is 29.1 Å². The Morgan fingerprint density at radius 3 is 1.88 bits per heavy atom. The summed E-state index contributed by atoms with van der Waals surface area (Å²) in [7, 11) is 0. The van der Waals surface area contributed by atoms with E-state index in [1.807, 2.05) is 0 Å². The highest BCUT2D eigenvalue weighted by Gasteiger charge is 2.41. The number of unbranched alkanes of at least 4 members (excludes halogenated alkanes) is 2. The van der Waals surface area contributed by atoms with Gasteiger partial charge in [-0.05, 0) is 37.0 Å². The van der Waals surface area contributed by atoms with E-state index in [0.717, 1.165) is 64.2 Å². The summed E-state index contributed by atoms with van der Waals surface area (Å²) in [6.07, 6.45) is 10.2. The van der Waals surface area contributed by atoms with Gasteiger partial charge in [-0.2, -0.15) is 0 Å². The van der Waals surface area contributed by atoms with Gasteiger partial charge in [0.1, 0.15) is 11.9 Å². The number of hydrogen-bond donors (Lipinski definition) is 1. The third-order valence-corrected chi connectivity index (χ3v) is 6.77. The summed E-state index contributed by atoms with van der Waals surface area (Å²) in [6, 6.07) is 0. The van der Waals surface area contributed by atoms with Crippen LogP contribution in [0.25, 0.3) is 0 Å². The molecule has 0 bridgehead atoms. The molecule has 0 spiro atoms. The second-order valence-electron chi connectivity index (χ2n) is 9.95. The van der Waals surface area contributed by atoms with E-state index >= 15 is 0 Å². The average molecular weight is 367 g/mol. The van der Waals surface area contributed by atoms with E-state index in [9.17, 15) is 14.7 Å². The molecule has 26 heavy (non-hydrogen) atoms. The molecule has 1 saturated heterocycles. The van der Waals surface area contributed by atoms with Crippen LogP contribution in [0, 0.1) is 16.7 Å². The second kappa shape index (κ2) is 8.86. The molecular formula is C22H38O4. The lowest BCUT2D eigenvalue weighted by Crippen LogP contribution is -2.44. The molecule has 1 saturated carbocycles. The molecule has 2 atom stereocenters. The first-order chi connectivity index (χ1) is 12.1.